The van der Waals surface area contributed by atoms with Crippen LogP contribution in [0.15, 0.2) is 0 Å². The van der Waals surface area contributed by atoms with Gasteiger partial charge in [-0.1, -0.05) is 0 Å². The Bertz CT molecular complexity index is 859. The zero-order valence-corrected chi connectivity index (χ0v) is 19.4. The van der Waals surface area contributed by atoms with Crippen molar-refractivity contribution in [1.29, 1.82) is 0 Å². The second-order valence-electron chi connectivity index (χ2n) is 12.6. The first kappa shape index (κ1) is 17.5. The number of esters is 1. The van der Waals surface area contributed by atoms with Crippen molar-refractivity contribution in [3.63, 3.8) is 0 Å². The van der Waals surface area contributed by atoms with Gasteiger partial charge in [0.05, 0.1) is 5.60 Å². The van der Waals surface area contributed by atoms with Gasteiger partial charge in [0.2, 0.25) is 0 Å². The van der Waals surface area contributed by atoms with Gasteiger partial charge in [-0.15, -0.1) is 0 Å². The third kappa shape index (κ3) is 1.61. The van der Waals surface area contributed by atoms with Crippen LogP contribution in [0.2, 0.25) is 0 Å². The predicted molar refractivity (Wildman–Crippen MR) is 99.7 cm³/mol. The zero-order chi connectivity index (χ0) is 19.7. The van der Waals surface area contributed by atoms with Crippen LogP contribution in [0.25, 0.3) is 0 Å². The van der Waals surface area contributed by atoms with E-state index in [1.807, 2.05) is 0 Å². The maximum atomic E-state index is 13.2. The summed E-state index contributed by atoms with van der Waals surface area (Å²) in [7, 11) is 0. The van der Waals surface area contributed by atoms with Crippen molar-refractivity contribution >= 4 is 5.97 Å². The average Bonchev–Trinajstić information content (AvgIpc) is 2.97. The molecule has 7 saturated carbocycles. The van der Waals surface area contributed by atoms with E-state index in [4.69, 9.17) is 14.2 Å². The second kappa shape index (κ2) is 4.95. The molecule has 2 spiro atoms. The van der Waals surface area contributed by atoms with E-state index < -0.39 is 5.60 Å². The quantitative estimate of drug-likeness (QED) is 0.286. The van der Waals surface area contributed by atoms with E-state index in [9.17, 15) is 9.90 Å². The molecule has 0 aromatic heterocycles. The Kier molecular flexibility index (Phi) is 2.89. The minimum atomic E-state index is -0.476. The Balaban J connectivity index is 0.873. The molecule has 2 aliphatic heterocycles. The van der Waals surface area contributed by atoms with Crippen molar-refractivity contribution in [2.75, 3.05) is 24.2 Å². The second-order valence-corrected chi connectivity index (χ2v) is 15.8. The van der Waals surface area contributed by atoms with Crippen LogP contribution in [0, 0.1) is 58.2 Å². The van der Waals surface area contributed by atoms with Crippen LogP contribution in [0.5, 0.6) is 0 Å². The summed E-state index contributed by atoms with van der Waals surface area (Å²) in [5, 5.41) is 10.8. The van der Waals surface area contributed by atoms with Gasteiger partial charge >= 0.3 is 164 Å². The van der Waals surface area contributed by atoms with Crippen molar-refractivity contribution < 1.29 is 45.3 Å². The van der Waals surface area contributed by atoms with Crippen molar-refractivity contribution in [2.45, 2.75) is 53.8 Å². The monoisotopic (exact) mass is 525 g/mol. The Morgan fingerprint density at radius 1 is 1.07 bits per heavy atom. The van der Waals surface area contributed by atoms with E-state index in [1.54, 1.807) is 0 Å². The standard InChI is InChI=1S/C24H30IO5/c26-20(22-4-12-2-21(27)3-13(5-22)23(12,22)10-21)28-7-11-8-29-24(30-9-11)15-1-14-16(24)6-25-19-17(14)18(15)19/h11-19,27H,1-10H2/q-1. The molecule has 0 aromatic rings. The van der Waals surface area contributed by atoms with E-state index in [2.05, 4.69) is 0 Å². The molecule has 8 atom stereocenters. The van der Waals surface area contributed by atoms with Crippen LogP contribution in [0.4, 0.5) is 0 Å². The molecule has 7 aliphatic carbocycles. The van der Waals surface area contributed by atoms with Crippen LogP contribution in [-0.2, 0) is 19.0 Å². The fourth-order valence-electron chi connectivity index (χ4n) is 11.0. The van der Waals surface area contributed by atoms with Gasteiger partial charge in [0.1, 0.15) is 0 Å². The summed E-state index contributed by atoms with van der Waals surface area (Å²) in [5.41, 5.74) is -0.653. The molecule has 30 heavy (non-hydrogen) atoms. The average molecular weight is 525 g/mol. The Labute approximate surface area is 187 Å². The Morgan fingerprint density at radius 3 is 2.57 bits per heavy atom. The van der Waals surface area contributed by atoms with Crippen molar-refractivity contribution in [3.05, 3.63) is 0 Å². The van der Waals surface area contributed by atoms with Gasteiger partial charge in [-0.3, -0.25) is 0 Å². The summed E-state index contributed by atoms with van der Waals surface area (Å²) in [5.74, 6) is 5.25. The third-order valence-electron chi connectivity index (χ3n) is 11.9. The fraction of sp³-hybridized carbons (Fsp3) is 0.958. The minimum absolute atomic E-state index is 0.0190. The molecule has 8 unspecified atom stereocenters. The van der Waals surface area contributed by atoms with Crippen LogP contribution < -0.4 is 21.2 Å². The summed E-state index contributed by atoms with van der Waals surface area (Å²) in [4.78, 5) is 13.2. The van der Waals surface area contributed by atoms with Crippen molar-refractivity contribution in [3.8, 4) is 0 Å². The number of ether oxygens (including phenoxy) is 3. The van der Waals surface area contributed by atoms with E-state index in [0.717, 1.165) is 53.8 Å². The summed E-state index contributed by atoms with van der Waals surface area (Å²) < 4.78 is 21.6. The number of fused-ring (bicyclic) bond motifs is 6. The molecule has 9 fully saturated rings. The molecule has 2 saturated heterocycles. The van der Waals surface area contributed by atoms with Gasteiger partial charge < -0.3 is 5.11 Å². The van der Waals surface area contributed by atoms with Gasteiger partial charge in [-0.05, 0) is 12.8 Å². The first-order valence-electron chi connectivity index (χ1n) is 12.3. The maximum absolute atomic E-state index is 13.2. The van der Waals surface area contributed by atoms with Gasteiger partial charge in [-0.2, -0.15) is 0 Å². The summed E-state index contributed by atoms with van der Waals surface area (Å²) >= 11 is 0.367. The molecule has 0 aromatic carbocycles. The molecule has 5 nitrogen and oxygen atoms in total. The van der Waals surface area contributed by atoms with Crippen LogP contribution in [0.3, 0.4) is 0 Å². The van der Waals surface area contributed by atoms with E-state index in [0.29, 0.717) is 64.7 Å². The first-order valence-corrected chi connectivity index (χ1v) is 15.0. The zero-order valence-electron chi connectivity index (χ0n) is 17.2. The number of aliphatic hydroxyl groups is 1. The Hall–Kier alpha value is 0.0800. The molecule has 4 bridgehead atoms. The number of hydrogen-bond donors (Lipinski definition) is 1. The topological polar surface area (TPSA) is 65.0 Å². The summed E-state index contributed by atoms with van der Waals surface area (Å²) in [6.45, 7) is 1.82. The molecule has 9 rings (SSSR count). The molecule has 6 heteroatoms. The van der Waals surface area contributed by atoms with E-state index in [-0.39, 0.29) is 28.5 Å². The van der Waals surface area contributed by atoms with E-state index in [1.165, 1.54) is 10.8 Å². The summed E-state index contributed by atoms with van der Waals surface area (Å²) in [6.07, 6.45) is 5.92. The van der Waals surface area contributed by atoms with Crippen LogP contribution >= 0.6 is 0 Å². The fourth-order valence-corrected chi connectivity index (χ4v) is 16.3. The predicted octanol–water partition coefficient (Wildman–Crippen LogP) is -1.19. The molecule has 1 N–H and O–H groups in total. The van der Waals surface area contributed by atoms with Gasteiger partial charge in [0.25, 0.3) is 0 Å². The first-order chi connectivity index (χ1) is 14.5. The Morgan fingerprint density at radius 2 is 1.83 bits per heavy atom. The number of halogens is 1. The van der Waals surface area contributed by atoms with Gasteiger partial charge in [0, 0.05) is 0 Å². The molecule has 0 amide bonds. The van der Waals surface area contributed by atoms with E-state index >= 15 is 0 Å². The number of alkyl halides is 2. The number of rotatable bonds is 3. The molecule has 2 heterocycles. The van der Waals surface area contributed by atoms with Gasteiger partial charge in [0.15, 0.2) is 0 Å². The number of carbonyl (C=O) groups excluding carboxylic acids is 1. The van der Waals surface area contributed by atoms with Crippen LogP contribution in [-0.4, -0.2) is 50.6 Å². The molecular weight excluding hydrogens is 495 g/mol. The SMILES string of the molecule is O=C(OCC1COC2(OC1)C1C[I-]C3C4C1CC2C34)C12CC3CC4(O)CC(C1)C32C4. The molecule has 164 valence electrons. The van der Waals surface area contributed by atoms with Crippen molar-refractivity contribution in [1.82, 2.24) is 0 Å². The third-order valence-corrected chi connectivity index (χ3v) is 16.0. The molecular formula is C24H30IO5-. The number of carbonyl (C=O) groups is 1. The number of hydrogen-bond acceptors (Lipinski definition) is 5. The molecule has 9 aliphatic rings. The van der Waals surface area contributed by atoms with Crippen LogP contribution in [0.1, 0.15) is 38.5 Å². The normalized spacial score (nSPS) is 69.3. The van der Waals surface area contributed by atoms with Gasteiger partial charge in [-0.25, -0.2) is 0 Å². The summed E-state index contributed by atoms with van der Waals surface area (Å²) in [6, 6.07) is 0. The van der Waals surface area contributed by atoms with Crippen molar-refractivity contribution in [2.24, 2.45) is 58.2 Å². The molecule has 0 radical (unpaired) electrons.